The zero-order chi connectivity index (χ0) is 11.5. The van der Waals surface area contributed by atoms with Crippen LogP contribution >= 0.6 is 0 Å². The van der Waals surface area contributed by atoms with Gasteiger partial charge in [0.25, 0.3) is 0 Å². The maximum atomic E-state index is 12.9. The molecule has 1 aliphatic carbocycles. The van der Waals surface area contributed by atoms with Crippen molar-refractivity contribution in [1.29, 1.82) is 0 Å². The fourth-order valence-electron chi connectivity index (χ4n) is 2.02. The van der Waals surface area contributed by atoms with Crippen molar-refractivity contribution in [3.63, 3.8) is 0 Å². The first-order chi connectivity index (χ1) is 7.63. The zero-order valence-corrected chi connectivity index (χ0v) is 8.99. The lowest BCUT2D eigenvalue weighted by Crippen LogP contribution is -2.35. The SMILES string of the molecule is Oc1cc(F)cc(CNCC2CC(O)C2)c1. The summed E-state index contributed by atoms with van der Waals surface area (Å²) in [6, 6.07) is 4.04. The molecule has 0 radical (unpaired) electrons. The number of benzene rings is 1. The average Bonchev–Trinajstić information content (AvgIpc) is 2.13. The van der Waals surface area contributed by atoms with Crippen LogP contribution in [-0.4, -0.2) is 22.9 Å². The topological polar surface area (TPSA) is 52.5 Å². The molecule has 0 atom stereocenters. The summed E-state index contributed by atoms with van der Waals surface area (Å²) in [7, 11) is 0. The third kappa shape index (κ3) is 2.93. The lowest BCUT2D eigenvalue weighted by atomic mass is 9.82. The quantitative estimate of drug-likeness (QED) is 0.726. The molecule has 2 rings (SSSR count). The van der Waals surface area contributed by atoms with E-state index in [2.05, 4.69) is 5.32 Å². The van der Waals surface area contributed by atoms with Gasteiger partial charge in [-0.2, -0.15) is 0 Å². The van der Waals surface area contributed by atoms with Crippen LogP contribution in [0.2, 0.25) is 0 Å². The van der Waals surface area contributed by atoms with Gasteiger partial charge in [-0.25, -0.2) is 4.39 Å². The number of halogens is 1. The van der Waals surface area contributed by atoms with Gasteiger partial charge in [-0.05, 0) is 43.0 Å². The van der Waals surface area contributed by atoms with Crippen molar-refractivity contribution in [3.05, 3.63) is 29.6 Å². The molecular weight excluding hydrogens is 209 g/mol. The number of hydrogen-bond donors (Lipinski definition) is 3. The van der Waals surface area contributed by atoms with Crippen LogP contribution in [0.4, 0.5) is 4.39 Å². The number of aliphatic hydroxyl groups excluding tert-OH is 1. The van der Waals surface area contributed by atoms with Crippen molar-refractivity contribution in [3.8, 4) is 5.75 Å². The Morgan fingerprint density at radius 1 is 1.31 bits per heavy atom. The second kappa shape index (κ2) is 4.80. The van der Waals surface area contributed by atoms with Crippen LogP contribution in [0.15, 0.2) is 18.2 Å². The first-order valence-corrected chi connectivity index (χ1v) is 5.50. The predicted octanol–water partition coefficient (Wildman–Crippen LogP) is 1.39. The Hall–Kier alpha value is -1.13. The largest absolute Gasteiger partial charge is 0.508 e. The van der Waals surface area contributed by atoms with E-state index in [0.717, 1.165) is 31.0 Å². The van der Waals surface area contributed by atoms with E-state index in [1.165, 1.54) is 6.07 Å². The van der Waals surface area contributed by atoms with Gasteiger partial charge >= 0.3 is 0 Å². The Morgan fingerprint density at radius 2 is 2.06 bits per heavy atom. The van der Waals surface area contributed by atoms with Crippen molar-refractivity contribution in [1.82, 2.24) is 5.32 Å². The molecule has 0 spiro atoms. The highest BCUT2D eigenvalue weighted by molar-refractivity contribution is 5.28. The predicted molar refractivity (Wildman–Crippen MR) is 58.5 cm³/mol. The van der Waals surface area contributed by atoms with E-state index >= 15 is 0 Å². The smallest absolute Gasteiger partial charge is 0.127 e. The van der Waals surface area contributed by atoms with Crippen molar-refractivity contribution in [2.75, 3.05) is 6.54 Å². The number of rotatable bonds is 4. The van der Waals surface area contributed by atoms with Crippen LogP contribution in [-0.2, 0) is 6.54 Å². The Bertz CT molecular complexity index is 344. The van der Waals surface area contributed by atoms with Gasteiger partial charge in [0, 0.05) is 12.6 Å². The summed E-state index contributed by atoms with van der Waals surface area (Å²) in [5, 5.41) is 21.5. The third-order valence-corrected chi connectivity index (χ3v) is 2.92. The molecule has 88 valence electrons. The molecule has 0 unspecified atom stereocenters. The molecule has 3 nitrogen and oxygen atoms in total. The van der Waals surface area contributed by atoms with Gasteiger partial charge in [-0.3, -0.25) is 0 Å². The molecule has 1 saturated carbocycles. The number of hydrogen-bond acceptors (Lipinski definition) is 3. The average molecular weight is 225 g/mol. The van der Waals surface area contributed by atoms with E-state index in [9.17, 15) is 9.50 Å². The molecule has 0 saturated heterocycles. The Morgan fingerprint density at radius 3 is 2.69 bits per heavy atom. The van der Waals surface area contributed by atoms with Gasteiger partial charge < -0.3 is 15.5 Å². The second-order valence-electron chi connectivity index (χ2n) is 4.44. The Kier molecular flexibility index (Phi) is 3.41. The number of phenolic OH excluding ortho intramolecular Hbond substituents is 1. The number of nitrogens with one attached hydrogen (secondary N) is 1. The number of phenols is 1. The molecule has 0 bridgehead atoms. The van der Waals surface area contributed by atoms with Crippen LogP contribution in [0.25, 0.3) is 0 Å². The molecule has 0 aliphatic heterocycles. The highest BCUT2D eigenvalue weighted by Gasteiger charge is 2.26. The fraction of sp³-hybridized carbons (Fsp3) is 0.500. The van der Waals surface area contributed by atoms with Crippen molar-refractivity contribution >= 4 is 0 Å². The molecular formula is C12H16FNO2. The van der Waals surface area contributed by atoms with Gasteiger partial charge in [0.15, 0.2) is 0 Å². The minimum absolute atomic E-state index is 0.0455. The molecule has 1 aromatic carbocycles. The fourth-order valence-corrected chi connectivity index (χ4v) is 2.02. The third-order valence-electron chi connectivity index (χ3n) is 2.92. The van der Waals surface area contributed by atoms with Gasteiger partial charge in [-0.1, -0.05) is 0 Å². The van der Waals surface area contributed by atoms with Gasteiger partial charge in [-0.15, -0.1) is 0 Å². The molecule has 1 aromatic rings. The lowest BCUT2D eigenvalue weighted by Gasteiger charge is -2.31. The van der Waals surface area contributed by atoms with Gasteiger partial charge in [0.2, 0.25) is 0 Å². The van der Waals surface area contributed by atoms with E-state index in [-0.39, 0.29) is 11.9 Å². The summed E-state index contributed by atoms with van der Waals surface area (Å²) < 4.78 is 12.9. The molecule has 3 N–H and O–H groups in total. The summed E-state index contributed by atoms with van der Waals surface area (Å²) in [6.45, 7) is 1.37. The molecule has 0 heterocycles. The first-order valence-electron chi connectivity index (χ1n) is 5.50. The maximum Gasteiger partial charge on any atom is 0.127 e. The highest BCUT2D eigenvalue weighted by Crippen LogP contribution is 2.26. The second-order valence-corrected chi connectivity index (χ2v) is 4.44. The maximum absolute atomic E-state index is 12.9. The summed E-state index contributed by atoms with van der Waals surface area (Å²) >= 11 is 0. The zero-order valence-electron chi connectivity index (χ0n) is 8.99. The van der Waals surface area contributed by atoms with E-state index < -0.39 is 5.82 Å². The molecule has 1 fully saturated rings. The summed E-state index contributed by atoms with van der Waals surface area (Å²) in [5.74, 6) is 0.0592. The summed E-state index contributed by atoms with van der Waals surface area (Å²) in [5.41, 5.74) is 0.734. The van der Waals surface area contributed by atoms with Gasteiger partial charge in [0.1, 0.15) is 11.6 Å². The molecule has 4 heteroatoms. The molecule has 16 heavy (non-hydrogen) atoms. The van der Waals surface area contributed by atoms with E-state index in [1.54, 1.807) is 6.07 Å². The van der Waals surface area contributed by atoms with Crippen LogP contribution in [0.1, 0.15) is 18.4 Å². The Balaban J connectivity index is 1.76. The molecule has 0 amide bonds. The molecule has 0 aromatic heterocycles. The first kappa shape index (κ1) is 11.4. The van der Waals surface area contributed by atoms with E-state index in [1.807, 2.05) is 0 Å². The highest BCUT2D eigenvalue weighted by atomic mass is 19.1. The van der Waals surface area contributed by atoms with Crippen molar-refractivity contribution < 1.29 is 14.6 Å². The van der Waals surface area contributed by atoms with Crippen LogP contribution in [0.3, 0.4) is 0 Å². The number of aromatic hydroxyl groups is 1. The minimum Gasteiger partial charge on any atom is -0.508 e. The summed E-state index contributed by atoms with van der Waals surface area (Å²) in [6.07, 6.45) is 1.56. The normalized spacial score (nSPS) is 24.1. The standard InChI is InChI=1S/C12H16FNO2/c13-10-1-8(2-12(16)5-10)6-14-7-9-3-11(15)4-9/h1-2,5,9,11,14-16H,3-4,6-7H2. The van der Waals surface area contributed by atoms with Crippen LogP contribution in [0, 0.1) is 11.7 Å². The monoisotopic (exact) mass is 225 g/mol. The van der Waals surface area contributed by atoms with Gasteiger partial charge in [0.05, 0.1) is 6.10 Å². The van der Waals surface area contributed by atoms with Crippen molar-refractivity contribution in [2.24, 2.45) is 5.92 Å². The van der Waals surface area contributed by atoms with Crippen molar-refractivity contribution in [2.45, 2.75) is 25.5 Å². The Labute approximate surface area is 93.9 Å². The lowest BCUT2D eigenvalue weighted by molar-refractivity contribution is 0.0430. The molecule has 1 aliphatic rings. The van der Waals surface area contributed by atoms with E-state index in [4.69, 9.17) is 5.11 Å². The van der Waals surface area contributed by atoms with E-state index in [0.29, 0.717) is 12.5 Å². The minimum atomic E-state index is -0.420. The van der Waals surface area contributed by atoms with Crippen LogP contribution in [0.5, 0.6) is 5.75 Å². The number of aliphatic hydroxyl groups is 1. The van der Waals surface area contributed by atoms with Crippen LogP contribution < -0.4 is 5.32 Å². The summed E-state index contributed by atoms with van der Waals surface area (Å²) in [4.78, 5) is 0.